The number of aromatic nitrogens is 1. The van der Waals surface area contributed by atoms with E-state index in [1.165, 1.54) is 24.8 Å². The van der Waals surface area contributed by atoms with E-state index in [1.807, 2.05) is 6.07 Å². The van der Waals surface area contributed by atoms with Gasteiger partial charge in [0.2, 0.25) is 0 Å². The lowest BCUT2D eigenvalue weighted by Gasteiger charge is -2.44. The Balaban J connectivity index is 2.18. The number of anilines is 1. The molecule has 1 aliphatic carbocycles. The van der Waals surface area contributed by atoms with Crippen molar-refractivity contribution in [3.63, 3.8) is 0 Å². The number of nitrogen functional groups attached to an aromatic ring is 1. The maximum absolute atomic E-state index is 6.28. The van der Waals surface area contributed by atoms with E-state index in [0.29, 0.717) is 11.9 Å². The third-order valence-corrected chi connectivity index (χ3v) is 4.50. The van der Waals surface area contributed by atoms with Crippen LogP contribution in [0.15, 0.2) is 18.3 Å². The Morgan fingerprint density at radius 2 is 2.10 bits per heavy atom. The van der Waals surface area contributed by atoms with Crippen LogP contribution in [0.3, 0.4) is 0 Å². The summed E-state index contributed by atoms with van der Waals surface area (Å²) in [6.07, 6.45) is 8.90. The molecule has 1 aliphatic rings. The Morgan fingerprint density at radius 1 is 1.33 bits per heavy atom. The molecule has 0 amide bonds. The summed E-state index contributed by atoms with van der Waals surface area (Å²) in [5, 5.41) is 3.66. The van der Waals surface area contributed by atoms with E-state index in [2.05, 4.69) is 30.2 Å². The highest BCUT2D eigenvalue weighted by molar-refractivity contribution is 5.32. The number of hydrogen-bond donors (Lipinski definition) is 2. The molecule has 118 valence electrons. The van der Waals surface area contributed by atoms with E-state index in [1.54, 1.807) is 6.20 Å². The topological polar surface area (TPSA) is 60.2 Å². The zero-order chi connectivity index (χ0) is 15.1. The van der Waals surface area contributed by atoms with Crippen LogP contribution in [0.2, 0.25) is 0 Å². The molecule has 1 saturated carbocycles. The largest absolute Gasteiger partial charge is 0.384 e. The Morgan fingerprint density at radius 3 is 2.71 bits per heavy atom. The second kappa shape index (κ2) is 7.76. The van der Waals surface area contributed by atoms with Crippen LogP contribution in [-0.2, 0) is 11.2 Å². The van der Waals surface area contributed by atoms with Crippen LogP contribution in [0.25, 0.3) is 0 Å². The lowest BCUT2D eigenvalue weighted by atomic mass is 9.77. The van der Waals surface area contributed by atoms with E-state index in [0.717, 1.165) is 32.4 Å². The van der Waals surface area contributed by atoms with Crippen LogP contribution in [0.1, 0.15) is 51.5 Å². The lowest BCUT2D eigenvalue weighted by molar-refractivity contribution is -0.0894. The fourth-order valence-corrected chi connectivity index (χ4v) is 3.58. The molecule has 0 radical (unpaired) electrons. The van der Waals surface area contributed by atoms with Gasteiger partial charge in [-0.2, -0.15) is 0 Å². The van der Waals surface area contributed by atoms with Crippen LogP contribution in [0, 0.1) is 0 Å². The number of nitrogens with two attached hydrogens (primary N) is 1. The van der Waals surface area contributed by atoms with E-state index < -0.39 is 0 Å². The van der Waals surface area contributed by atoms with E-state index in [-0.39, 0.29) is 5.60 Å². The van der Waals surface area contributed by atoms with Crippen LogP contribution in [0.5, 0.6) is 0 Å². The summed E-state index contributed by atoms with van der Waals surface area (Å²) >= 11 is 0. The maximum atomic E-state index is 6.28. The fourth-order valence-electron chi connectivity index (χ4n) is 3.58. The van der Waals surface area contributed by atoms with Gasteiger partial charge in [0.15, 0.2) is 0 Å². The Labute approximate surface area is 128 Å². The summed E-state index contributed by atoms with van der Waals surface area (Å²) in [7, 11) is 0. The molecule has 1 unspecified atom stereocenters. The molecule has 4 nitrogen and oxygen atoms in total. The minimum atomic E-state index is -0.0267. The van der Waals surface area contributed by atoms with Crippen LogP contribution in [-0.4, -0.2) is 29.8 Å². The molecule has 0 saturated heterocycles. The highest BCUT2D eigenvalue weighted by atomic mass is 16.5. The molecule has 1 heterocycles. The number of nitrogens with zero attached hydrogens (tertiary/aromatic N) is 1. The SMILES string of the molecule is CCNC(Cc1ccnc(N)c1)C1(OCC)CCCCC1. The van der Waals surface area contributed by atoms with E-state index >= 15 is 0 Å². The molecule has 0 spiro atoms. The van der Waals surface area contributed by atoms with Gasteiger partial charge in [0.25, 0.3) is 0 Å². The molecular formula is C17H29N3O. The predicted molar refractivity (Wildman–Crippen MR) is 87.3 cm³/mol. The molecule has 1 aromatic rings. The van der Waals surface area contributed by atoms with Gasteiger partial charge in [0.1, 0.15) is 5.82 Å². The zero-order valence-corrected chi connectivity index (χ0v) is 13.4. The minimum Gasteiger partial charge on any atom is -0.384 e. The molecule has 1 atom stereocenters. The molecule has 0 aliphatic heterocycles. The van der Waals surface area contributed by atoms with Crippen molar-refractivity contribution in [3.8, 4) is 0 Å². The molecule has 1 fully saturated rings. The third-order valence-electron chi connectivity index (χ3n) is 4.50. The van der Waals surface area contributed by atoms with Gasteiger partial charge >= 0.3 is 0 Å². The fraction of sp³-hybridized carbons (Fsp3) is 0.706. The molecule has 3 N–H and O–H groups in total. The summed E-state index contributed by atoms with van der Waals surface area (Å²) in [6.45, 7) is 6.00. The normalized spacial score (nSPS) is 19.3. The first-order chi connectivity index (χ1) is 10.2. The van der Waals surface area contributed by atoms with Crippen LogP contribution < -0.4 is 11.1 Å². The van der Waals surface area contributed by atoms with Gasteiger partial charge in [-0.3, -0.25) is 0 Å². The highest BCUT2D eigenvalue weighted by Crippen LogP contribution is 2.36. The monoisotopic (exact) mass is 291 g/mol. The van der Waals surface area contributed by atoms with Gasteiger partial charge in [0, 0.05) is 18.8 Å². The van der Waals surface area contributed by atoms with Crippen molar-refractivity contribution in [2.45, 2.75) is 64.0 Å². The van der Waals surface area contributed by atoms with Crippen molar-refractivity contribution in [3.05, 3.63) is 23.9 Å². The average Bonchev–Trinajstić information content (AvgIpc) is 2.48. The van der Waals surface area contributed by atoms with Gasteiger partial charge in [0.05, 0.1) is 5.60 Å². The summed E-state index contributed by atoms with van der Waals surface area (Å²) in [4.78, 5) is 4.09. The first-order valence-corrected chi connectivity index (χ1v) is 8.28. The van der Waals surface area contributed by atoms with Crippen molar-refractivity contribution in [1.82, 2.24) is 10.3 Å². The number of hydrogen-bond acceptors (Lipinski definition) is 4. The minimum absolute atomic E-state index is 0.0267. The first kappa shape index (κ1) is 16.2. The summed E-state index contributed by atoms with van der Waals surface area (Å²) in [5.41, 5.74) is 7.02. The molecule has 0 bridgehead atoms. The van der Waals surface area contributed by atoms with Crippen LogP contribution in [0.4, 0.5) is 5.82 Å². The average molecular weight is 291 g/mol. The number of nitrogens with one attached hydrogen (secondary N) is 1. The Hall–Kier alpha value is -1.13. The Bertz CT molecular complexity index is 424. The summed E-state index contributed by atoms with van der Waals surface area (Å²) in [6, 6.07) is 4.38. The second-order valence-corrected chi connectivity index (χ2v) is 5.96. The Kier molecular flexibility index (Phi) is 6.00. The van der Waals surface area contributed by atoms with Crippen molar-refractivity contribution in [1.29, 1.82) is 0 Å². The quantitative estimate of drug-likeness (QED) is 0.811. The molecule has 4 heteroatoms. The molecule has 2 rings (SSSR count). The smallest absolute Gasteiger partial charge is 0.123 e. The van der Waals surface area contributed by atoms with Gasteiger partial charge in [-0.25, -0.2) is 4.98 Å². The zero-order valence-electron chi connectivity index (χ0n) is 13.4. The van der Waals surface area contributed by atoms with E-state index in [4.69, 9.17) is 10.5 Å². The van der Waals surface area contributed by atoms with E-state index in [9.17, 15) is 0 Å². The van der Waals surface area contributed by atoms with Gasteiger partial charge in [-0.05, 0) is 50.4 Å². The lowest BCUT2D eigenvalue weighted by Crippen LogP contribution is -2.54. The maximum Gasteiger partial charge on any atom is 0.123 e. The standard InChI is InChI=1S/C17H29N3O/c1-3-19-15(12-14-8-11-20-16(18)13-14)17(21-4-2)9-6-5-7-10-17/h8,11,13,15,19H,3-7,9-10,12H2,1-2H3,(H2,18,20). The van der Waals surface area contributed by atoms with Crippen molar-refractivity contribution >= 4 is 5.82 Å². The third kappa shape index (κ3) is 4.17. The molecule has 21 heavy (non-hydrogen) atoms. The number of rotatable bonds is 7. The van der Waals surface area contributed by atoms with Gasteiger partial charge in [-0.15, -0.1) is 0 Å². The summed E-state index contributed by atoms with van der Waals surface area (Å²) in [5.74, 6) is 0.594. The van der Waals surface area contributed by atoms with Gasteiger partial charge in [-0.1, -0.05) is 26.2 Å². The van der Waals surface area contributed by atoms with Crippen molar-refractivity contribution < 1.29 is 4.74 Å². The van der Waals surface area contributed by atoms with Crippen molar-refractivity contribution in [2.75, 3.05) is 18.9 Å². The molecule has 1 aromatic heterocycles. The number of likely N-dealkylation sites (N-methyl/N-ethyl adjacent to an activating group) is 1. The number of pyridine rings is 1. The first-order valence-electron chi connectivity index (χ1n) is 8.28. The predicted octanol–water partition coefficient (Wildman–Crippen LogP) is 2.92. The molecular weight excluding hydrogens is 262 g/mol. The second-order valence-electron chi connectivity index (χ2n) is 5.96. The summed E-state index contributed by atoms with van der Waals surface area (Å²) < 4.78 is 6.28. The van der Waals surface area contributed by atoms with Crippen molar-refractivity contribution in [2.24, 2.45) is 0 Å². The number of ether oxygens (including phenoxy) is 1. The van der Waals surface area contributed by atoms with Crippen LogP contribution >= 0.6 is 0 Å². The van der Waals surface area contributed by atoms with Gasteiger partial charge < -0.3 is 15.8 Å². The molecule has 0 aromatic carbocycles. The highest BCUT2D eigenvalue weighted by Gasteiger charge is 2.40.